The van der Waals surface area contributed by atoms with Crippen LogP contribution in [0.15, 0.2) is 34.7 Å². The fourth-order valence-electron chi connectivity index (χ4n) is 2.39. The van der Waals surface area contributed by atoms with Crippen molar-refractivity contribution >= 4 is 11.8 Å². The summed E-state index contributed by atoms with van der Waals surface area (Å²) in [7, 11) is 1.68. The molecule has 1 aliphatic heterocycles. The summed E-state index contributed by atoms with van der Waals surface area (Å²) in [6, 6.07) is 9.55. The second kappa shape index (κ2) is 5.63. The van der Waals surface area contributed by atoms with Crippen molar-refractivity contribution < 1.29 is 14.0 Å². The molecule has 0 atom stereocenters. The molecule has 2 aromatic rings. The summed E-state index contributed by atoms with van der Waals surface area (Å²) in [5.41, 5.74) is 1.49. The topological polar surface area (TPSA) is 66.7 Å². The first-order valence-corrected chi connectivity index (χ1v) is 7.08. The average Bonchev–Trinajstić information content (AvgIpc) is 3.04. The van der Waals surface area contributed by atoms with Crippen molar-refractivity contribution in [1.29, 1.82) is 0 Å². The van der Waals surface area contributed by atoms with E-state index in [9.17, 15) is 9.59 Å². The van der Waals surface area contributed by atoms with Crippen LogP contribution in [0.3, 0.4) is 0 Å². The van der Waals surface area contributed by atoms with Crippen molar-refractivity contribution in [3.63, 3.8) is 0 Å². The zero-order valence-corrected chi connectivity index (χ0v) is 12.6. The van der Waals surface area contributed by atoms with Gasteiger partial charge in [0.25, 0.3) is 0 Å². The number of hydrogen-bond donors (Lipinski definition) is 0. The first kappa shape index (κ1) is 14.3. The van der Waals surface area contributed by atoms with Crippen molar-refractivity contribution in [3.8, 4) is 11.5 Å². The molecule has 0 bridgehead atoms. The van der Waals surface area contributed by atoms with E-state index < -0.39 is 0 Å². The van der Waals surface area contributed by atoms with Crippen molar-refractivity contribution in [1.82, 2.24) is 14.8 Å². The van der Waals surface area contributed by atoms with Crippen LogP contribution in [0.4, 0.5) is 0 Å². The van der Waals surface area contributed by atoms with Crippen molar-refractivity contribution in [2.75, 3.05) is 20.3 Å². The monoisotopic (exact) mass is 299 g/mol. The van der Waals surface area contributed by atoms with Gasteiger partial charge in [-0.25, -0.2) is 4.98 Å². The van der Waals surface area contributed by atoms with E-state index in [0.29, 0.717) is 24.0 Å². The van der Waals surface area contributed by atoms with Crippen LogP contribution in [0.2, 0.25) is 0 Å². The Morgan fingerprint density at radius 1 is 1.32 bits per heavy atom. The van der Waals surface area contributed by atoms with Gasteiger partial charge in [-0.1, -0.05) is 18.2 Å². The largest absolute Gasteiger partial charge is 0.441 e. The van der Waals surface area contributed by atoms with E-state index in [1.54, 1.807) is 14.0 Å². The Hall–Kier alpha value is -2.63. The Labute approximate surface area is 128 Å². The summed E-state index contributed by atoms with van der Waals surface area (Å²) in [6.07, 6.45) is 0.142. The van der Waals surface area contributed by atoms with Crippen LogP contribution in [-0.4, -0.2) is 46.9 Å². The Bertz CT molecular complexity index is 709. The minimum absolute atomic E-state index is 0.0461. The normalized spacial score (nSPS) is 14.7. The van der Waals surface area contributed by atoms with Gasteiger partial charge in [0.15, 0.2) is 0 Å². The minimum Gasteiger partial charge on any atom is -0.441 e. The van der Waals surface area contributed by atoms with E-state index in [0.717, 1.165) is 5.56 Å². The van der Waals surface area contributed by atoms with Gasteiger partial charge in [-0.15, -0.1) is 0 Å². The third kappa shape index (κ3) is 2.72. The standard InChI is InChI=1S/C16H17N3O3/c1-11-13(8-14(20)19-9-15(21)18(2)10-19)17-16(22-11)12-6-4-3-5-7-12/h3-7H,8-10H2,1-2H3. The second-order valence-electron chi connectivity index (χ2n) is 5.39. The molecule has 0 aliphatic carbocycles. The molecule has 1 saturated heterocycles. The van der Waals surface area contributed by atoms with E-state index in [1.807, 2.05) is 30.3 Å². The van der Waals surface area contributed by atoms with E-state index >= 15 is 0 Å². The van der Waals surface area contributed by atoms with Crippen molar-refractivity contribution in [2.45, 2.75) is 13.3 Å². The smallest absolute Gasteiger partial charge is 0.243 e. The third-order valence-electron chi connectivity index (χ3n) is 3.72. The number of amides is 2. The van der Waals surface area contributed by atoms with Gasteiger partial charge in [-0.3, -0.25) is 9.59 Å². The van der Waals surface area contributed by atoms with Crippen molar-refractivity contribution in [2.24, 2.45) is 0 Å². The highest BCUT2D eigenvalue weighted by Gasteiger charge is 2.29. The fraction of sp³-hybridized carbons (Fsp3) is 0.312. The molecule has 6 heteroatoms. The molecule has 0 unspecified atom stereocenters. The van der Waals surface area contributed by atoms with Gasteiger partial charge in [0, 0.05) is 12.6 Å². The highest BCUT2D eigenvalue weighted by molar-refractivity contribution is 5.88. The zero-order chi connectivity index (χ0) is 15.7. The molecule has 2 amide bonds. The summed E-state index contributed by atoms with van der Waals surface area (Å²) in [4.78, 5) is 31.2. The number of rotatable bonds is 3. The van der Waals surface area contributed by atoms with Crippen LogP contribution in [0.1, 0.15) is 11.5 Å². The van der Waals surface area contributed by atoms with Crippen LogP contribution in [0.25, 0.3) is 11.5 Å². The summed E-state index contributed by atoms with van der Waals surface area (Å²) < 4.78 is 5.65. The van der Waals surface area contributed by atoms with Gasteiger partial charge in [0.1, 0.15) is 12.3 Å². The molecule has 1 aromatic heterocycles. The van der Waals surface area contributed by atoms with Crippen LogP contribution in [-0.2, 0) is 16.0 Å². The lowest BCUT2D eigenvalue weighted by atomic mass is 10.2. The molecule has 22 heavy (non-hydrogen) atoms. The molecule has 6 nitrogen and oxygen atoms in total. The lowest BCUT2D eigenvalue weighted by Gasteiger charge is -2.14. The number of carbonyl (C=O) groups excluding carboxylic acids is 2. The highest BCUT2D eigenvalue weighted by Crippen LogP contribution is 2.22. The first-order chi connectivity index (χ1) is 10.5. The molecule has 1 aromatic carbocycles. The molecule has 2 heterocycles. The van der Waals surface area contributed by atoms with Crippen LogP contribution in [0, 0.1) is 6.92 Å². The Kier molecular flexibility index (Phi) is 3.66. The van der Waals surface area contributed by atoms with E-state index in [1.165, 1.54) is 9.80 Å². The number of benzene rings is 1. The van der Waals surface area contributed by atoms with Gasteiger partial charge in [-0.05, 0) is 19.1 Å². The lowest BCUT2D eigenvalue weighted by molar-refractivity contribution is -0.131. The number of oxazole rings is 1. The predicted molar refractivity (Wildman–Crippen MR) is 79.7 cm³/mol. The number of nitrogens with zero attached hydrogens (tertiary/aromatic N) is 3. The van der Waals surface area contributed by atoms with Crippen LogP contribution < -0.4 is 0 Å². The van der Waals surface area contributed by atoms with E-state index in [4.69, 9.17) is 4.42 Å². The maximum Gasteiger partial charge on any atom is 0.243 e. The molecule has 0 radical (unpaired) electrons. The van der Waals surface area contributed by atoms with Gasteiger partial charge in [-0.2, -0.15) is 0 Å². The van der Waals surface area contributed by atoms with Gasteiger partial charge < -0.3 is 14.2 Å². The number of carbonyl (C=O) groups is 2. The van der Waals surface area contributed by atoms with E-state index in [-0.39, 0.29) is 24.8 Å². The predicted octanol–water partition coefficient (Wildman–Crippen LogP) is 1.45. The SMILES string of the molecule is Cc1oc(-c2ccccc2)nc1CC(=O)N1CC(=O)N(C)C1. The highest BCUT2D eigenvalue weighted by atomic mass is 16.4. The Morgan fingerprint density at radius 3 is 2.68 bits per heavy atom. The minimum atomic E-state index is -0.117. The van der Waals surface area contributed by atoms with Crippen LogP contribution in [0.5, 0.6) is 0 Å². The third-order valence-corrected chi connectivity index (χ3v) is 3.72. The lowest BCUT2D eigenvalue weighted by Crippen LogP contribution is -2.31. The van der Waals surface area contributed by atoms with Gasteiger partial charge in [0.2, 0.25) is 17.7 Å². The summed E-state index contributed by atoms with van der Waals surface area (Å²) in [5.74, 6) is 0.977. The first-order valence-electron chi connectivity index (χ1n) is 7.08. The summed E-state index contributed by atoms with van der Waals surface area (Å²) >= 11 is 0. The number of hydrogen-bond acceptors (Lipinski definition) is 4. The average molecular weight is 299 g/mol. The molecule has 0 N–H and O–H groups in total. The molecule has 114 valence electrons. The maximum atomic E-state index is 12.3. The van der Waals surface area contributed by atoms with Gasteiger partial charge >= 0.3 is 0 Å². The number of likely N-dealkylation sites (N-methyl/N-ethyl adjacent to an activating group) is 1. The number of aryl methyl sites for hydroxylation is 1. The molecule has 1 fully saturated rings. The molecule has 0 spiro atoms. The van der Waals surface area contributed by atoms with Crippen LogP contribution >= 0.6 is 0 Å². The fourth-order valence-corrected chi connectivity index (χ4v) is 2.39. The molecule has 1 aliphatic rings. The molecular formula is C16H17N3O3. The quantitative estimate of drug-likeness (QED) is 0.860. The number of aromatic nitrogens is 1. The van der Waals surface area contributed by atoms with Gasteiger partial charge in [0.05, 0.1) is 18.8 Å². The van der Waals surface area contributed by atoms with E-state index in [2.05, 4.69) is 4.98 Å². The molecular weight excluding hydrogens is 282 g/mol. The Morgan fingerprint density at radius 2 is 2.05 bits per heavy atom. The molecule has 0 saturated carbocycles. The zero-order valence-electron chi connectivity index (χ0n) is 12.6. The van der Waals surface area contributed by atoms with Crippen molar-refractivity contribution in [3.05, 3.63) is 41.8 Å². The Balaban J connectivity index is 1.75. The molecule has 3 rings (SSSR count). The maximum absolute atomic E-state index is 12.3. The second-order valence-corrected chi connectivity index (χ2v) is 5.39. The summed E-state index contributed by atoms with van der Waals surface area (Å²) in [5, 5.41) is 0. The summed E-state index contributed by atoms with van der Waals surface area (Å²) in [6.45, 7) is 2.27.